The third-order valence-corrected chi connectivity index (χ3v) is 4.02. The molecular formula is C17H20N3S+. The number of hydrogen-bond acceptors (Lipinski definition) is 2. The minimum atomic E-state index is 0.614. The second kappa shape index (κ2) is 6.66. The molecule has 0 bridgehead atoms. The molecule has 0 amide bonds. The van der Waals surface area contributed by atoms with Gasteiger partial charge in [0.2, 0.25) is 0 Å². The minimum absolute atomic E-state index is 0.614. The van der Waals surface area contributed by atoms with Crippen LogP contribution in [0.3, 0.4) is 0 Å². The van der Waals surface area contributed by atoms with E-state index in [2.05, 4.69) is 41.9 Å². The number of benzene rings is 1. The summed E-state index contributed by atoms with van der Waals surface area (Å²) < 4.78 is 2.70. The Morgan fingerprint density at radius 2 is 1.90 bits per heavy atom. The molecule has 21 heavy (non-hydrogen) atoms. The highest BCUT2D eigenvalue weighted by Gasteiger charge is 2.11. The molecule has 108 valence electrons. The largest absolute Gasteiger partial charge is 0.316 e. The number of hydrogen-bond donors (Lipinski definition) is 1. The van der Waals surface area contributed by atoms with Gasteiger partial charge in [0, 0.05) is 11.3 Å². The van der Waals surface area contributed by atoms with Crippen molar-refractivity contribution in [3.8, 4) is 6.07 Å². The third-order valence-electron chi connectivity index (χ3n) is 3.59. The summed E-state index contributed by atoms with van der Waals surface area (Å²) >= 11 is 5.48. The molecule has 0 aliphatic heterocycles. The van der Waals surface area contributed by atoms with E-state index in [0.717, 1.165) is 24.5 Å². The Hall–Kier alpha value is -1.96. The van der Waals surface area contributed by atoms with Crippen molar-refractivity contribution in [3.05, 3.63) is 63.4 Å². The molecule has 1 N–H and O–H groups in total. The maximum atomic E-state index is 9.25. The number of pyridine rings is 1. The van der Waals surface area contributed by atoms with Crippen molar-refractivity contribution in [2.24, 2.45) is 0 Å². The number of quaternary nitrogens is 1. The van der Waals surface area contributed by atoms with E-state index in [-0.39, 0.29) is 0 Å². The van der Waals surface area contributed by atoms with Crippen molar-refractivity contribution in [1.82, 2.24) is 4.57 Å². The highest BCUT2D eigenvalue weighted by Crippen LogP contribution is 2.12. The van der Waals surface area contributed by atoms with Crippen LogP contribution in [0.4, 0.5) is 0 Å². The average Bonchev–Trinajstić information content (AvgIpc) is 2.45. The Morgan fingerprint density at radius 3 is 2.52 bits per heavy atom. The smallest absolute Gasteiger partial charge is 0.157 e. The molecule has 4 heteroatoms. The first-order valence-corrected chi connectivity index (χ1v) is 7.40. The van der Waals surface area contributed by atoms with Crippen LogP contribution in [0.1, 0.15) is 22.4 Å². The predicted molar refractivity (Wildman–Crippen MR) is 86.5 cm³/mol. The molecule has 2 aromatic rings. The summed E-state index contributed by atoms with van der Waals surface area (Å²) in [5, 5.41) is 9.25. The van der Waals surface area contributed by atoms with Gasteiger partial charge in [-0.3, -0.25) is 4.57 Å². The Kier molecular flexibility index (Phi) is 4.89. The molecule has 1 aromatic heterocycles. The lowest BCUT2D eigenvalue weighted by Crippen LogP contribution is -3.07. The van der Waals surface area contributed by atoms with Gasteiger partial charge in [-0.25, -0.2) is 0 Å². The number of aromatic nitrogens is 1. The average molecular weight is 298 g/mol. The first kappa shape index (κ1) is 15.4. The standard InChI is InChI=1S/C17H19N3S/c1-13-9-14(2)20(17(21)16(13)10-18)12-19(3)11-15-7-5-4-6-8-15/h4-9H,11-12H2,1-3H3/p+1. The zero-order chi connectivity index (χ0) is 15.4. The van der Waals surface area contributed by atoms with Crippen LogP contribution >= 0.6 is 12.2 Å². The fraction of sp³-hybridized carbons (Fsp3) is 0.294. The Labute approximate surface area is 131 Å². The van der Waals surface area contributed by atoms with Crippen molar-refractivity contribution in [1.29, 1.82) is 5.26 Å². The molecule has 2 rings (SSSR count). The number of aryl methyl sites for hydroxylation is 2. The first-order valence-electron chi connectivity index (χ1n) is 6.99. The van der Waals surface area contributed by atoms with Crippen LogP contribution in [0.2, 0.25) is 0 Å². The van der Waals surface area contributed by atoms with Crippen LogP contribution in [0.5, 0.6) is 0 Å². The van der Waals surface area contributed by atoms with Crippen molar-refractivity contribution >= 4 is 12.2 Å². The maximum absolute atomic E-state index is 9.25. The van der Waals surface area contributed by atoms with Gasteiger partial charge in [-0.1, -0.05) is 42.5 Å². The van der Waals surface area contributed by atoms with Crippen molar-refractivity contribution in [3.63, 3.8) is 0 Å². The molecule has 0 radical (unpaired) electrons. The van der Waals surface area contributed by atoms with Crippen LogP contribution in [0.25, 0.3) is 0 Å². The highest BCUT2D eigenvalue weighted by atomic mass is 32.1. The topological polar surface area (TPSA) is 33.2 Å². The lowest BCUT2D eigenvalue weighted by atomic mass is 10.1. The zero-order valence-electron chi connectivity index (χ0n) is 12.7. The van der Waals surface area contributed by atoms with Crippen LogP contribution < -0.4 is 4.90 Å². The lowest BCUT2D eigenvalue weighted by molar-refractivity contribution is -0.917. The van der Waals surface area contributed by atoms with Gasteiger partial charge in [-0.15, -0.1) is 0 Å². The van der Waals surface area contributed by atoms with Gasteiger partial charge in [0.05, 0.1) is 12.6 Å². The Balaban J connectivity index is 2.24. The fourth-order valence-corrected chi connectivity index (χ4v) is 2.95. The van der Waals surface area contributed by atoms with Crippen molar-refractivity contribution in [2.75, 3.05) is 7.05 Å². The van der Waals surface area contributed by atoms with E-state index in [9.17, 15) is 5.26 Å². The number of nitriles is 1. The van der Waals surface area contributed by atoms with Crippen molar-refractivity contribution < 1.29 is 4.90 Å². The first-order chi connectivity index (χ1) is 10.0. The van der Waals surface area contributed by atoms with Crippen LogP contribution in [0.15, 0.2) is 36.4 Å². The fourth-order valence-electron chi connectivity index (χ4n) is 2.53. The quantitative estimate of drug-likeness (QED) is 0.879. The molecule has 0 aliphatic carbocycles. The molecule has 0 spiro atoms. The van der Waals surface area contributed by atoms with Crippen LogP contribution in [-0.2, 0) is 13.2 Å². The summed E-state index contributed by atoms with van der Waals surface area (Å²) in [4.78, 5) is 1.33. The molecule has 0 saturated heterocycles. The van der Waals surface area contributed by atoms with Gasteiger partial charge in [0.25, 0.3) is 0 Å². The summed E-state index contributed by atoms with van der Waals surface area (Å²) in [5.41, 5.74) is 3.97. The van der Waals surface area contributed by atoms with Gasteiger partial charge in [0.1, 0.15) is 17.3 Å². The van der Waals surface area contributed by atoms with Crippen LogP contribution in [0, 0.1) is 29.8 Å². The molecule has 3 nitrogen and oxygen atoms in total. The maximum Gasteiger partial charge on any atom is 0.157 e. The monoisotopic (exact) mass is 298 g/mol. The molecule has 1 aromatic carbocycles. The molecule has 1 unspecified atom stereocenters. The van der Waals surface area contributed by atoms with E-state index in [4.69, 9.17) is 12.2 Å². The highest BCUT2D eigenvalue weighted by molar-refractivity contribution is 7.71. The second-order valence-corrected chi connectivity index (χ2v) is 5.85. The third kappa shape index (κ3) is 3.57. The SMILES string of the molecule is Cc1cc(C)n(C[NH+](C)Cc2ccccc2)c(=S)c1C#N. The minimum Gasteiger partial charge on any atom is -0.316 e. The van der Waals surface area contributed by atoms with E-state index in [0.29, 0.717) is 10.2 Å². The molecule has 1 heterocycles. The number of rotatable bonds is 4. The Bertz CT molecular complexity index is 726. The van der Waals surface area contributed by atoms with Gasteiger partial charge in [-0.05, 0) is 25.5 Å². The van der Waals surface area contributed by atoms with E-state index in [1.807, 2.05) is 26.0 Å². The summed E-state index contributed by atoms with van der Waals surface area (Å²) in [6.45, 7) is 5.67. The van der Waals surface area contributed by atoms with E-state index < -0.39 is 0 Å². The lowest BCUT2D eigenvalue weighted by Gasteiger charge is -2.19. The van der Waals surface area contributed by atoms with Gasteiger partial charge in [-0.2, -0.15) is 5.26 Å². The number of nitrogens with zero attached hydrogens (tertiary/aromatic N) is 2. The summed E-state index contributed by atoms with van der Waals surface area (Å²) in [6, 6.07) is 14.6. The summed E-state index contributed by atoms with van der Waals surface area (Å²) in [7, 11) is 2.14. The second-order valence-electron chi connectivity index (χ2n) is 5.47. The molecule has 1 atom stereocenters. The molecule has 0 aliphatic rings. The number of nitrogens with one attached hydrogen (secondary N) is 1. The van der Waals surface area contributed by atoms with Crippen molar-refractivity contribution in [2.45, 2.75) is 27.1 Å². The van der Waals surface area contributed by atoms with Gasteiger partial charge in [0.15, 0.2) is 6.67 Å². The van der Waals surface area contributed by atoms with E-state index in [1.54, 1.807) is 0 Å². The normalized spacial score (nSPS) is 11.9. The van der Waals surface area contributed by atoms with Gasteiger partial charge >= 0.3 is 0 Å². The zero-order valence-corrected chi connectivity index (χ0v) is 13.5. The van der Waals surface area contributed by atoms with E-state index >= 15 is 0 Å². The predicted octanol–water partition coefficient (Wildman–Crippen LogP) is 2.38. The summed E-state index contributed by atoms with van der Waals surface area (Å²) in [5.74, 6) is 0. The molecular weight excluding hydrogens is 278 g/mol. The van der Waals surface area contributed by atoms with Gasteiger partial charge < -0.3 is 4.90 Å². The Morgan fingerprint density at radius 1 is 1.24 bits per heavy atom. The van der Waals surface area contributed by atoms with E-state index in [1.165, 1.54) is 10.5 Å². The molecule has 0 fully saturated rings. The summed E-state index contributed by atoms with van der Waals surface area (Å²) in [6.07, 6.45) is 0. The van der Waals surface area contributed by atoms with Crippen LogP contribution in [-0.4, -0.2) is 11.6 Å². The molecule has 0 saturated carbocycles.